The van der Waals surface area contributed by atoms with Crippen molar-refractivity contribution in [1.82, 2.24) is 4.90 Å². The van der Waals surface area contributed by atoms with Crippen LogP contribution in [-0.4, -0.2) is 56.5 Å². The molecule has 0 aliphatic carbocycles. The summed E-state index contributed by atoms with van der Waals surface area (Å²) in [7, 11) is -2.86. The summed E-state index contributed by atoms with van der Waals surface area (Å²) in [6, 6.07) is 0. The maximum Gasteiger partial charge on any atom is 0.163 e. The molecule has 3 aliphatic rings. The minimum absolute atomic E-state index is 0.0146. The van der Waals surface area contributed by atoms with Crippen molar-refractivity contribution >= 4 is 9.84 Å². The molecule has 26 heavy (non-hydrogen) atoms. The Labute approximate surface area is 159 Å². The molecule has 3 fully saturated rings. The van der Waals surface area contributed by atoms with Crippen molar-refractivity contribution in [2.24, 2.45) is 23.7 Å². The maximum atomic E-state index is 11.8. The number of sulfone groups is 1. The zero-order valence-corrected chi connectivity index (χ0v) is 17.7. The van der Waals surface area contributed by atoms with Crippen LogP contribution in [0.4, 0.5) is 0 Å². The first-order valence-electron chi connectivity index (χ1n) is 10.6. The highest BCUT2D eigenvalue weighted by atomic mass is 32.2. The number of hydrogen-bond donors (Lipinski definition) is 0. The molecule has 0 aromatic rings. The molecule has 0 spiro atoms. The van der Waals surface area contributed by atoms with E-state index in [1.165, 1.54) is 19.3 Å². The number of hydrogen-bond acceptors (Lipinski definition) is 5. The summed E-state index contributed by atoms with van der Waals surface area (Å²) < 4.78 is 36.4. The summed E-state index contributed by atoms with van der Waals surface area (Å²) >= 11 is 0. The van der Waals surface area contributed by atoms with Crippen LogP contribution in [0.25, 0.3) is 0 Å². The highest BCUT2D eigenvalue weighted by Gasteiger charge is 2.46. The first kappa shape index (κ1) is 20.6. The normalized spacial score (nSPS) is 42.6. The van der Waals surface area contributed by atoms with Gasteiger partial charge in [-0.15, -0.1) is 0 Å². The predicted molar refractivity (Wildman–Crippen MR) is 104 cm³/mol. The first-order chi connectivity index (χ1) is 12.3. The fourth-order valence-corrected chi connectivity index (χ4v) is 6.51. The van der Waals surface area contributed by atoms with Crippen LogP contribution < -0.4 is 0 Å². The van der Waals surface area contributed by atoms with E-state index in [1.54, 1.807) is 0 Å². The van der Waals surface area contributed by atoms with Gasteiger partial charge in [0.2, 0.25) is 0 Å². The summed E-state index contributed by atoms with van der Waals surface area (Å²) in [4.78, 5) is 2.23. The standard InChI is InChI=1S/C20H37NO4S/c1-5-6-14(2)17-8-7-16(4)24-20-18(17)13-15(3)19(25-20)21-9-11-26(22,23)12-10-21/h14-20H,5-13H2,1-4H3/t14-,15-,16+,17+,18?,19-,20+/m1/s1. The fraction of sp³-hybridized carbons (Fsp3) is 1.00. The maximum absolute atomic E-state index is 11.8. The van der Waals surface area contributed by atoms with E-state index in [1.807, 2.05) is 0 Å². The minimum Gasteiger partial charge on any atom is -0.349 e. The lowest BCUT2D eigenvalue weighted by Gasteiger charge is -2.47. The molecule has 7 atom stereocenters. The van der Waals surface area contributed by atoms with Crippen LogP contribution in [0, 0.1) is 23.7 Å². The molecule has 0 amide bonds. The average Bonchev–Trinajstić information content (AvgIpc) is 2.73. The Morgan fingerprint density at radius 1 is 1.12 bits per heavy atom. The van der Waals surface area contributed by atoms with Crippen molar-refractivity contribution in [3.8, 4) is 0 Å². The van der Waals surface area contributed by atoms with Crippen molar-refractivity contribution in [1.29, 1.82) is 0 Å². The summed E-state index contributed by atoms with van der Waals surface area (Å²) in [6.07, 6.45) is 6.02. The van der Waals surface area contributed by atoms with E-state index in [4.69, 9.17) is 9.47 Å². The van der Waals surface area contributed by atoms with Crippen LogP contribution in [0.1, 0.15) is 59.8 Å². The summed E-state index contributed by atoms with van der Waals surface area (Å²) in [5.74, 6) is 2.73. The molecule has 5 nitrogen and oxygen atoms in total. The van der Waals surface area contributed by atoms with Gasteiger partial charge in [-0.2, -0.15) is 0 Å². The zero-order chi connectivity index (χ0) is 18.9. The summed E-state index contributed by atoms with van der Waals surface area (Å²) in [5, 5.41) is 0. The van der Waals surface area contributed by atoms with E-state index < -0.39 is 9.84 Å². The molecule has 3 saturated heterocycles. The van der Waals surface area contributed by atoms with E-state index in [-0.39, 0.29) is 30.1 Å². The monoisotopic (exact) mass is 387 g/mol. The van der Waals surface area contributed by atoms with Crippen LogP contribution in [0.2, 0.25) is 0 Å². The lowest BCUT2D eigenvalue weighted by atomic mass is 9.73. The third kappa shape index (κ3) is 4.62. The number of nitrogens with zero attached hydrogens (tertiary/aromatic N) is 1. The molecule has 0 radical (unpaired) electrons. The Balaban J connectivity index is 1.72. The van der Waals surface area contributed by atoms with E-state index in [2.05, 4.69) is 32.6 Å². The fourth-order valence-electron chi connectivity index (χ4n) is 5.28. The van der Waals surface area contributed by atoms with Gasteiger partial charge in [-0.1, -0.05) is 33.6 Å². The Bertz CT molecular complexity index is 552. The van der Waals surface area contributed by atoms with Crippen LogP contribution in [0.3, 0.4) is 0 Å². The second kappa shape index (κ2) is 8.46. The van der Waals surface area contributed by atoms with Gasteiger partial charge in [-0.25, -0.2) is 8.42 Å². The molecule has 0 aromatic heterocycles. The molecule has 0 N–H and O–H groups in total. The van der Waals surface area contributed by atoms with Crippen LogP contribution in [0.5, 0.6) is 0 Å². The Kier molecular flexibility index (Phi) is 6.69. The second-order valence-electron chi connectivity index (χ2n) is 8.91. The van der Waals surface area contributed by atoms with Gasteiger partial charge in [0, 0.05) is 19.0 Å². The molecular weight excluding hydrogens is 350 g/mol. The largest absolute Gasteiger partial charge is 0.349 e. The van der Waals surface area contributed by atoms with Crippen molar-refractivity contribution in [2.45, 2.75) is 78.4 Å². The molecule has 0 aromatic carbocycles. The van der Waals surface area contributed by atoms with E-state index in [0.717, 1.165) is 12.8 Å². The van der Waals surface area contributed by atoms with E-state index in [0.29, 0.717) is 36.8 Å². The lowest BCUT2D eigenvalue weighted by molar-refractivity contribution is -0.282. The average molecular weight is 388 g/mol. The number of fused-ring (bicyclic) bond motifs is 1. The lowest BCUT2D eigenvalue weighted by Crippen LogP contribution is -2.55. The SMILES string of the molecule is CCC[C@@H](C)[C@@H]1CC[C@H](C)O[C@H]2O[C@@H](N3CCS(=O)(=O)CC3)[C@H](C)CC21. The van der Waals surface area contributed by atoms with Gasteiger partial charge in [-0.05, 0) is 43.9 Å². The molecule has 3 aliphatic heterocycles. The number of rotatable bonds is 4. The Hall–Kier alpha value is -0.170. The minimum atomic E-state index is -2.86. The zero-order valence-electron chi connectivity index (χ0n) is 16.9. The molecule has 0 saturated carbocycles. The Morgan fingerprint density at radius 3 is 2.46 bits per heavy atom. The molecule has 1 unspecified atom stereocenters. The smallest absolute Gasteiger partial charge is 0.163 e. The molecule has 0 bridgehead atoms. The molecular formula is C20H37NO4S. The van der Waals surface area contributed by atoms with Gasteiger partial charge >= 0.3 is 0 Å². The Morgan fingerprint density at radius 2 is 1.81 bits per heavy atom. The van der Waals surface area contributed by atoms with Gasteiger partial charge in [0.15, 0.2) is 16.1 Å². The third-order valence-corrected chi connectivity index (χ3v) is 8.40. The van der Waals surface area contributed by atoms with Gasteiger partial charge < -0.3 is 9.47 Å². The van der Waals surface area contributed by atoms with E-state index in [9.17, 15) is 8.42 Å². The van der Waals surface area contributed by atoms with Crippen molar-refractivity contribution in [2.75, 3.05) is 24.6 Å². The molecule has 3 heterocycles. The molecule has 6 heteroatoms. The highest BCUT2D eigenvalue weighted by Crippen LogP contribution is 2.44. The summed E-state index contributed by atoms with van der Waals surface area (Å²) in [6.45, 7) is 10.3. The quantitative estimate of drug-likeness (QED) is 0.741. The van der Waals surface area contributed by atoms with Crippen LogP contribution >= 0.6 is 0 Å². The molecule has 3 rings (SSSR count). The first-order valence-corrected chi connectivity index (χ1v) is 12.4. The summed E-state index contributed by atoms with van der Waals surface area (Å²) in [5.41, 5.74) is 0. The predicted octanol–water partition coefficient (Wildman–Crippen LogP) is 3.29. The van der Waals surface area contributed by atoms with Gasteiger partial charge in [0.25, 0.3) is 0 Å². The van der Waals surface area contributed by atoms with Crippen molar-refractivity contribution < 1.29 is 17.9 Å². The molecule has 152 valence electrons. The van der Waals surface area contributed by atoms with Gasteiger partial charge in [-0.3, -0.25) is 4.90 Å². The van der Waals surface area contributed by atoms with Crippen LogP contribution in [0.15, 0.2) is 0 Å². The van der Waals surface area contributed by atoms with Crippen molar-refractivity contribution in [3.05, 3.63) is 0 Å². The van der Waals surface area contributed by atoms with Crippen LogP contribution in [-0.2, 0) is 19.3 Å². The number of ether oxygens (including phenoxy) is 2. The van der Waals surface area contributed by atoms with Crippen molar-refractivity contribution in [3.63, 3.8) is 0 Å². The van der Waals surface area contributed by atoms with Gasteiger partial charge in [0.05, 0.1) is 17.6 Å². The third-order valence-electron chi connectivity index (χ3n) is 6.79. The van der Waals surface area contributed by atoms with Gasteiger partial charge in [0.1, 0.15) is 6.23 Å². The second-order valence-corrected chi connectivity index (χ2v) is 11.2. The topological polar surface area (TPSA) is 55.8 Å². The highest BCUT2D eigenvalue weighted by molar-refractivity contribution is 7.91. The van der Waals surface area contributed by atoms with E-state index >= 15 is 0 Å².